The molecular formula is C29H37N3O8. The van der Waals surface area contributed by atoms with Crippen molar-refractivity contribution in [3.05, 3.63) is 22.8 Å². The minimum atomic E-state index is -2.70. The van der Waals surface area contributed by atoms with E-state index in [1.807, 2.05) is 20.8 Å². The molecule has 216 valence electrons. The predicted octanol–water partition coefficient (Wildman–Crippen LogP) is 0.788. The summed E-state index contributed by atoms with van der Waals surface area (Å²) >= 11 is 0. The third-order valence-corrected chi connectivity index (χ3v) is 8.41. The highest BCUT2D eigenvalue weighted by atomic mass is 16.3. The van der Waals surface area contributed by atoms with Gasteiger partial charge in [0, 0.05) is 57.7 Å². The van der Waals surface area contributed by atoms with Gasteiger partial charge in [-0.15, -0.1) is 0 Å². The van der Waals surface area contributed by atoms with Crippen LogP contribution in [0.25, 0.3) is 0 Å². The molecule has 11 nitrogen and oxygen atoms in total. The highest BCUT2D eigenvalue weighted by molar-refractivity contribution is 6.31. The van der Waals surface area contributed by atoms with Crippen LogP contribution in [-0.4, -0.2) is 76.3 Å². The van der Waals surface area contributed by atoms with Gasteiger partial charge in [-0.3, -0.25) is 28.8 Å². The Kier molecular flexibility index (Phi) is 7.19. The maximum Gasteiger partial charge on any atom is 0.235 e. The summed E-state index contributed by atoms with van der Waals surface area (Å²) in [5.41, 5.74) is 3.70. The summed E-state index contributed by atoms with van der Waals surface area (Å²) in [6, 6.07) is 1.73. The Morgan fingerprint density at radius 1 is 1.10 bits per heavy atom. The fourth-order valence-corrected chi connectivity index (χ4v) is 6.65. The zero-order chi connectivity index (χ0) is 30.1. The van der Waals surface area contributed by atoms with E-state index in [4.69, 9.17) is 5.73 Å². The van der Waals surface area contributed by atoms with Crippen molar-refractivity contribution in [2.24, 2.45) is 34.8 Å². The molecule has 0 aliphatic heterocycles. The Hall–Kier alpha value is -3.60. The molecular weight excluding hydrogens is 518 g/mol. The van der Waals surface area contributed by atoms with Crippen LogP contribution in [0.1, 0.15) is 62.0 Å². The van der Waals surface area contributed by atoms with Gasteiger partial charge < -0.3 is 25.7 Å². The number of nitrogens with zero attached hydrogens (tertiary/aromatic N) is 2. The van der Waals surface area contributed by atoms with Crippen LogP contribution in [-0.2, 0) is 36.9 Å². The van der Waals surface area contributed by atoms with Crippen molar-refractivity contribution in [1.82, 2.24) is 4.90 Å². The Bertz CT molecular complexity index is 1340. The van der Waals surface area contributed by atoms with Gasteiger partial charge in [-0.25, -0.2) is 0 Å². The summed E-state index contributed by atoms with van der Waals surface area (Å²) < 4.78 is 0. The molecule has 0 bridgehead atoms. The second-order valence-corrected chi connectivity index (χ2v) is 12.8. The molecule has 0 aromatic heterocycles. The Morgan fingerprint density at radius 2 is 1.73 bits per heavy atom. The van der Waals surface area contributed by atoms with Crippen LogP contribution in [0.2, 0.25) is 0 Å². The monoisotopic (exact) mass is 555 g/mol. The van der Waals surface area contributed by atoms with E-state index in [1.165, 1.54) is 6.92 Å². The van der Waals surface area contributed by atoms with Crippen LogP contribution >= 0.6 is 0 Å². The molecule has 4 rings (SSSR count). The molecule has 5 atom stereocenters. The van der Waals surface area contributed by atoms with Crippen LogP contribution in [0.5, 0.6) is 5.75 Å². The van der Waals surface area contributed by atoms with Gasteiger partial charge in [0.15, 0.2) is 34.7 Å². The van der Waals surface area contributed by atoms with Crippen LogP contribution in [0.3, 0.4) is 0 Å². The molecule has 2 unspecified atom stereocenters. The van der Waals surface area contributed by atoms with E-state index in [-0.39, 0.29) is 48.4 Å². The fraction of sp³-hybridized carbons (Fsp3) is 0.586. The van der Waals surface area contributed by atoms with Crippen molar-refractivity contribution in [2.45, 2.75) is 59.1 Å². The molecule has 2 fully saturated rings. The quantitative estimate of drug-likeness (QED) is 0.444. The summed E-state index contributed by atoms with van der Waals surface area (Å²) in [6.07, 6.45) is -0.170. The fourth-order valence-electron chi connectivity index (χ4n) is 6.65. The third kappa shape index (κ3) is 4.59. The van der Waals surface area contributed by atoms with Gasteiger partial charge in [0.1, 0.15) is 5.75 Å². The Balaban J connectivity index is 1.81. The number of phenols is 1. The number of primary amides is 1. The van der Waals surface area contributed by atoms with Gasteiger partial charge in [-0.1, -0.05) is 20.8 Å². The standard InChI is InChI=1S/C29H37N3O8/c1-13(33)32(12-28(2,3)4)11-15-9-18(31(5)6)17-8-14-7-16-10-19(34)22(27(30)39)26(38)29(16,40)25(37)20(14)24(36)21(17)23(15)35/h9,14,16,20,22,35,40H,7-8,10-12H2,1-6H3,(H2,30,39)/t14-,16+,20?,22?,29+/m1/s1. The van der Waals surface area contributed by atoms with Crippen molar-refractivity contribution in [3.63, 3.8) is 0 Å². The molecule has 2 amide bonds. The lowest BCUT2D eigenvalue weighted by atomic mass is 9.53. The molecule has 3 aliphatic rings. The summed E-state index contributed by atoms with van der Waals surface area (Å²) in [7, 11) is 3.55. The molecule has 0 heterocycles. The number of rotatable bonds is 5. The molecule has 0 radical (unpaired) electrons. The van der Waals surface area contributed by atoms with Crippen LogP contribution in [0, 0.1) is 29.1 Å². The van der Waals surface area contributed by atoms with Gasteiger partial charge in [-0.2, -0.15) is 0 Å². The van der Waals surface area contributed by atoms with Crippen molar-refractivity contribution >= 4 is 40.6 Å². The van der Waals surface area contributed by atoms with Crippen molar-refractivity contribution in [2.75, 3.05) is 25.5 Å². The van der Waals surface area contributed by atoms with Crippen molar-refractivity contribution < 1.29 is 39.0 Å². The van der Waals surface area contributed by atoms with Gasteiger partial charge in [-0.05, 0) is 35.8 Å². The maximum absolute atomic E-state index is 14.0. The Morgan fingerprint density at radius 3 is 2.25 bits per heavy atom. The number of carbonyl (C=O) groups excluding carboxylic acids is 6. The number of anilines is 1. The van der Waals surface area contributed by atoms with Gasteiger partial charge in [0.2, 0.25) is 11.8 Å². The van der Waals surface area contributed by atoms with E-state index in [0.29, 0.717) is 23.4 Å². The lowest BCUT2D eigenvalue weighted by Crippen LogP contribution is -2.68. The average molecular weight is 556 g/mol. The first-order valence-electron chi connectivity index (χ1n) is 13.4. The Labute approximate surface area is 232 Å². The first kappa shape index (κ1) is 29.4. The largest absolute Gasteiger partial charge is 0.507 e. The van der Waals surface area contributed by atoms with E-state index < -0.39 is 58.3 Å². The molecule has 3 aliphatic carbocycles. The number of amides is 2. The lowest BCUT2D eigenvalue weighted by molar-refractivity contribution is -0.175. The number of fused-ring (bicyclic) bond motifs is 3. The lowest BCUT2D eigenvalue weighted by Gasteiger charge is -2.48. The molecule has 0 spiro atoms. The predicted molar refractivity (Wildman–Crippen MR) is 143 cm³/mol. The van der Waals surface area contributed by atoms with E-state index in [1.54, 1.807) is 30.0 Å². The van der Waals surface area contributed by atoms with E-state index >= 15 is 0 Å². The van der Waals surface area contributed by atoms with E-state index in [9.17, 15) is 39.0 Å². The zero-order valence-corrected chi connectivity index (χ0v) is 23.7. The molecule has 1 aromatic carbocycles. The summed E-state index contributed by atoms with van der Waals surface area (Å²) in [6.45, 7) is 7.76. The number of aliphatic hydroxyl groups is 1. The second-order valence-electron chi connectivity index (χ2n) is 12.8. The first-order chi connectivity index (χ1) is 18.4. The normalized spacial score (nSPS) is 28.0. The number of hydrogen-bond donors (Lipinski definition) is 3. The second kappa shape index (κ2) is 9.79. The smallest absolute Gasteiger partial charge is 0.235 e. The summed E-state index contributed by atoms with van der Waals surface area (Å²) in [4.78, 5) is 81.1. The zero-order valence-electron chi connectivity index (χ0n) is 23.7. The molecule has 40 heavy (non-hydrogen) atoms. The highest BCUT2D eigenvalue weighted by Crippen LogP contribution is 2.51. The van der Waals surface area contributed by atoms with E-state index in [0.717, 1.165) is 0 Å². The molecule has 0 saturated heterocycles. The van der Waals surface area contributed by atoms with E-state index in [2.05, 4.69) is 0 Å². The molecule has 4 N–H and O–H groups in total. The number of carbonyl (C=O) groups is 6. The highest BCUT2D eigenvalue weighted by Gasteiger charge is 2.66. The average Bonchev–Trinajstić information content (AvgIpc) is 2.81. The van der Waals surface area contributed by atoms with Gasteiger partial charge in [0.05, 0.1) is 11.5 Å². The van der Waals surface area contributed by atoms with Crippen LogP contribution in [0.4, 0.5) is 5.69 Å². The van der Waals surface area contributed by atoms with Crippen molar-refractivity contribution in [1.29, 1.82) is 0 Å². The number of nitrogens with two attached hydrogens (primary N) is 1. The first-order valence-corrected chi connectivity index (χ1v) is 13.4. The molecule has 2 saturated carbocycles. The number of aromatic hydroxyl groups is 1. The minimum absolute atomic E-state index is 0.0226. The number of benzene rings is 1. The molecule has 11 heteroatoms. The maximum atomic E-state index is 14.0. The van der Waals surface area contributed by atoms with Crippen LogP contribution in [0.15, 0.2) is 6.07 Å². The third-order valence-electron chi connectivity index (χ3n) is 8.41. The number of ketones is 4. The summed E-state index contributed by atoms with van der Waals surface area (Å²) in [5, 5.41) is 22.8. The minimum Gasteiger partial charge on any atom is -0.507 e. The summed E-state index contributed by atoms with van der Waals surface area (Å²) in [5.74, 6) is -10.8. The number of hydrogen-bond acceptors (Lipinski definition) is 9. The van der Waals surface area contributed by atoms with Gasteiger partial charge in [0.25, 0.3) is 0 Å². The van der Waals surface area contributed by atoms with Gasteiger partial charge >= 0.3 is 0 Å². The topological polar surface area (TPSA) is 175 Å². The SMILES string of the molecule is CC(=O)N(Cc1cc(N(C)C)c2c(c1O)C(=O)C1C(=O)[C@]3(O)C(=O)C(C(N)=O)C(=O)C[C@@H]3C[C@@H]1C2)CC(C)(C)C. The van der Waals surface area contributed by atoms with Crippen LogP contribution < -0.4 is 10.6 Å². The van der Waals surface area contributed by atoms with Crippen molar-refractivity contribution in [3.8, 4) is 5.75 Å². The number of Topliss-reactive ketones (excluding diaryl/α,β-unsaturated/α-hetero) is 4. The number of phenolic OH excluding ortho intramolecular Hbond substituents is 1. The molecule has 1 aromatic rings.